The van der Waals surface area contributed by atoms with Crippen molar-refractivity contribution in [2.24, 2.45) is 4.99 Å². The van der Waals surface area contributed by atoms with E-state index in [0.717, 1.165) is 17.7 Å². The predicted octanol–water partition coefficient (Wildman–Crippen LogP) is 1.77. The highest BCUT2D eigenvalue weighted by Gasteiger charge is 2.25. The smallest absolute Gasteiger partial charge is 0.255 e. The number of allylic oxidation sites excluding steroid dienone is 1. The lowest BCUT2D eigenvalue weighted by Crippen LogP contribution is -2.21. The molecule has 0 aromatic rings. The number of likely N-dealkylation sites (N-methyl/N-ethyl adjacent to an activating group) is 1. The van der Waals surface area contributed by atoms with Gasteiger partial charge in [-0.3, -0.25) is 9.79 Å². The largest absolute Gasteiger partial charge is 0.336 e. The molecule has 0 aromatic carbocycles. The molecule has 3 heteroatoms. The Balaban J connectivity index is 0.000000461. The summed E-state index contributed by atoms with van der Waals surface area (Å²) in [5, 5.41) is 0. The predicted molar refractivity (Wildman–Crippen MR) is 58.3 cm³/mol. The van der Waals surface area contributed by atoms with E-state index in [1.165, 1.54) is 0 Å². The lowest BCUT2D eigenvalue weighted by atomic mass is 10.2. The summed E-state index contributed by atoms with van der Waals surface area (Å²) in [7, 11) is 1.79. The fourth-order valence-electron chi connectivity index (χ4n) is 1.40. The van der Waals surface area contributed by atoms with E-state index in [-0.39, 0.29) is 5.91 Å². The second-order valence-corrected chi connectivity index (χ2v) is 2.97. The first-order valence-electron chi connectivity index (χ1n) is 4.97. The van der Waals surface area contributed by atoms with E-state index in [1.54, 1.807) is 11.9 Å². The zero-order chi connectivity index (χ0) is 10.6. The summed E-state index contributed by atoms with van der Waals surface area (Å²) in [6.45, 7) is 4.65. The highest BCUT2D eigenvalue weighted by Crippen LogP contribution is 2.21. The van der Waals surface area contributed by atoms with Crippen molar-refractivity contribution in [3.8, 4) is 0 Å². The molecule has 76 valence electrons. The summed E-state index contributed by atoms with van der Waals surface area (Å²) in [4.78, 5) is 17.3. The van der Waals surface area contributed by atoms with E-state index in [4.69, 9.17) is 0 Å². The standard InChI is InChI=1S/C9H10N2O.C2H6/c1-11-6-8-7(9(11)12)4-2-3-5-10-8;1-2/h2,4-5H,3,6H2,1H3;1-2H3. The molecule has 1 amide bonds. The first-order chi connectivity index (χ1) is 6.79. The molecule has 0 saturated heterocycles. The molecule has 14 heavy (non-hydrogen) atoms. The molecule has 0 aliphatic carbocycles. The van der Waals surface area contributed by atoms with Gasteiger partial charge in [-0.1, -0.05) is 26.0 Å². The van der Waals surface area contributed by atoms with Gasteiger partial charge in [0, 0.05) is 19.7 Å². The van der Waals surface area contributed by atoms with E-state index >= 15 is 0 Å². The summed E-state index contributed by atoms with van der Waals surface area (Å²) in [5.41, 5.74) is 1.66. The van der Waals surface area contributed by atoms with E-state index in [9.17, 15) is 4.79 Å². The Hall–Kier alpha value is -1.38. The van der Waals surface area contributed by atoms with Crippen LogP contribution in [0.3, 0.4) is 0 Å². The van der Waals surface area contributed by atoms with Gasteiger partial charge in [-0.15, -0.1) is 0 Å². The zero-order valence-corrected chi connectivity index (χ0v) is 8.95. The van der Waals surface area contributed by atoms with Gasteiger partial charge < -0.3 is 4.90 Å². The molecule has 0 fully saturated rings. The Morgan fingerprint density at radius 3 is 2.86 bits per heavy atom. The molecule has 0 N–H and O–H groups in total. The Bertz CT molecular complexity index is 313. The van der Waals surface area contributed by atoms with Crippen molar-refractivity contribution in [2.45, 2.75) is 20.3 Å². The number of amides is 1. The lowest BCUT2D eigenvalue weighted by Gasteiger charge is -2.06. The van der Waals surface area contributed by atoms with Gasteiger partial charge in [-0.2, -0.15) is 0 Å². The third-order valence-electron chi connectivity index (χ3n) is 2.05. The highest BCUT2D eigenvalue weighted by atomic mass is 16.2. The molecule has 0 bridgehead atoms. The maximum Gasteiger partial charge on any atom is 0.255 e. The van der Waals surface area contributed by atoms with Gasteiger partial charge in [0.15, 0.2) is 0 Å². The fourth-order valence-corrected chi connectivity index (χ4v) is 1.40. The second kappa shape index (κ2) is 4.74. The van der Waals surface area contributed by atoms with Crippen molar-refractivity contribution in [3.63, 3.8) is 0 Å². The van der Waals surface area contributed by atoms with Crippen molar-refractivity contribution in [1.29, 1.82) is 0 Å². The zero-order valence-electron chi connectivity index (χ0n) is 8.95. The van der Waals surface area contributed by atoms with Crippen LogP contribution < -0.4 is 0 Å². The minimum atomic E-state index is 0.0836. The second-order valence-electron chi connectivity index (χ2n) is 2.97. The minimum absolute atomic E-state index is 0.0836. The summed E-state index contributed by atoms with van der Waals surface area (Å²) in [6, 6.07) is 0. The Morgan fingerprint density at radius 1 is 1.43 bits per heavy atom. The summed E-state index contributed by atoms with van der Waals surface area (Å²) in [6.07, 6.45) is 6.49. The Morgan fingerprint density at radius 2 is 2.14 bits per heavy atom. The first kappa shape index (κ1) is 10.7. The van der Waals surface area contributed by atoms with E-state index in [2.05, 4.69) is 4.99 Å². The quantitative estimate of drug-likeness (QED) is 0.575. The van der Waals surface area contributed by atoms with Crippen LogP contribution in [0.1, 0.15) is 20.3 Å². The highest BCUT2D eigenvalue weighted by molar-refractivity contribution is 6.00. The molecule has 2 rings (SSSR count). The van der Waals surface area contributed by atoms with Crippen LogP contribution in [0.2, 0.25) is 0 Å². The summed E-state index contributed by atoms with van der Waals surface area (Å²) >= 11 is 0. The van der Waals surface area contributed by atoms with Gasteiger partial charge in [0.25, 0.3) is 5.91 Å². The van der Waals surface area contributed by atoms with E-state index in [1.807, 2.05) is 32.2 Å². The number of carbonyl (C=O) groups excluding carboxylic acids is 1. The number of hydrogen-bond donors (Lipinski definition) is 0. The van der Waals surface area contributed by atoms with E-state index < -0.39 is 0 Å². The number of rotatable bonds is 0. The molecule has 3 nitrogen and oxygen atoms in total. The third kappa shape index (κ3) is 1.92. The molecular formula is C11H16N2O. The molecule has 2 aliphatic rings. The SMILES string of the molecule is CC.CN1CC2=C(C=CCC=N2)C1=O. The molecule has 0 unspecified atom stereocenters. The molecule has 0 atom stereocenters. The van der Waals surface area contributed by atoms with Crippen molar-refractivity contribution in [2.75, 3.05) is 13.6 Å². The van der Waals surface area contributed by atoms with Crippen molar-refractivity contribution >= 4 is 12.1 Å². The average molecular weight is 192 g/mol. The average Bonchev–Trinajstić information content (AvgIpc) is 2.44. The summed E-state index contributed by atoms with van der Waals surface area (Å²) < 4.78 is 0. The van der Waals surface area contributed by atoms with Gasteiger partial charge in [0.05, 0.1) is 17.8 Å². The van der Waals surface area contributed by atoms with Gasteiger partial charge in [0.2, 0.25) is 0 Å². The fraction of sp³-hybridized carbons (Fsp3) is 0.455. The number of carbonyl (C=O) groups is 1. The maximum atomic E-state index is 11.4. The van der Waals surface area contributed by atoms with Crippen molar-refractivity contribution < 1.29 is 4.79 Å². The lowest BCUT2D eigenvalue weighted by molar-refractivity contribution is -0.124. The monoisotopic (exact) mass is 192 g/mol. The van der Waals surface area contributed by atoms with Crippen LogP contribution in [-0.4, -0.2) is 30.6 Å². The molecule has 2 heterocycles. The minimum Gasteiger partial charge on any atom is -0.336 e. The van der Waals surface area contributed by atoms with Crippen LogP contribution in [0, 0.1) is 0 Å². The van der Waals surface area contributed by atoms with E-state index in [0.29, 0.717) is 6.54 Å². The van der Waals surface area contributed by atoms with Crippen LogP contribution in [0.25, 0.3) is 0 Å². The Labute approximate surface area is 84.8 Å². The van der Waals surface area contributed by atoms with Crippen molar-refractivity contribution in [3.05, 3.63) is 23.4 Å². The van der Waals surface area contributed by atoms with Crippen LogP contribution in [0.4, 0.5) is 0 Å². The molecule has 0 spiro atoms. The Kier molecular flexibility index (Phi) is 3.63. The van der Waals surface area contributed by atoms with Crippen LogP contribution in [0.15, 0.2) is 28.4 Å². The van der Waals surface area contributed by atoms with Crippen LogP contribution in [0.5, 0.6) is 0 Å². The maximum absolute atomic E-state index is 11.4. The number of nitrogens with zero attached hydrogens (tertiary/aromatic N) is 2. The molecule has 2 aliphatic heterocycles. The van der Waals surface area contributed by atoms with Crippen LogP contribution >= 0.6 is 0 Å². The van der Waals surface area contributed by atoms with Crippen LogP contribution in [-0.2, 0) is 4.79 Å². The number of hydrogen-bond acceptors (Lipinski definition) is 2. The molecule has 0 radical (unpaired) electrons. The normalized spacial score (nSPS) is 19.1. The molecular weight excluding hydrogens is 176 g/mol. The third-order valence-corrected chi connectivity index (χ3v) is 2.05. The number of aliphatic imine (C=N–C) groups is 1. The topological polar surface area (TPSA) is 32.7 Å². The molecule has 0 aromatic heterocycles. The van der Waals surface area contributed by atoms with Gasteiger partial charge in [0.1, 0.15) is 0 Å². The van der Waals surface area contributed by atoms with Gasteiger partial charge >= 0.3 is 0 Å². The van der Waals surface area contributed by atoms with Crippen molar-refractivity contribution in [1.82, 2.24) is 4.90 Å². The first-order valence-corrected chi connectivity index (χ1v) is 4.97. The van der Waals surface area contributed by atoms with Gasteiger partial charge in [-0.25, -0.2) is 0 Å². The molecule has 0 saturated carbocycles. The van der Waals surface area contributed by atoms with Gasteiger partial charge in [-0.05, 0) is 0 Å². The summed E-state index contributed by atoms with van der Waals surface area (Å²) in [5.74, 6) is 0.0836.